The predicted octanol–water partition coefficient (Wildman–Crippen LogP) is 4.10. The van der Waals surface area contributed by atoms with Crippen molar-refractivity contribution < 1.29 is 0 Å². The van der Waals surface area contributed by atoms with Crippen LogP contribution in [0.1, 0.15) is 31.1 Å². The summed E-state index contributed by atoms with van der Waals surface area (Å²) in [6, 6.07) is 6.51. The fourth-order valence-corrected chi connectivity index (χ4v) is 3.06. The Hall–Kier alpha value is -1.10. The smallest absolute Gasteiger partial charge is 0.0795 e. The van der Waals surface area contributed by atoms with E-state index in [1.165, 1.54) is 0 Å². The lowest BCUT2D eigenvalue weighted by Crippen LogP contribution is -2.19. The molecule has 5 heteroatoms. The molecule has 1 unspecified atom stereocenters. The highest BCUT2D eigenvalue weighted by molar-refractivity contribution is 7.07. The van der Waals surface area contributed by atoms with E-state index < -0.39 is 0 Å². The van der Waals surface area contributed by atoms with Gasteiger partial charge in [-0.3, -0.25) is 0 Å². The molecule has 0 aliphatic rings. The molecule has 108 valence electrons. The number of halogens is 1. The van der Waals surface area contributed by atoms with E-state index in [1.807, 2.05) is 11.6 Å². The van der Waals surface area contributed by atoms with Gasteiger partial charge in [-0.2, -0.15) is 0 Å². The van der Waals surface area contributed by atoms with Gasteiger partial charge in [0.2, 0.25) is 0 Å². The highest BCUT2D eigenvalue weighted by atomic mass is 35.5. The Morgan fingerprint density at radius 1 is 1.45 bits per heavy atom. The summed E-state index contributed by atoms with van der Waals surface area (Å²) >= 11 is 8.03. The number of nitrogens with one attached hydrogen (secondary N) is 1. The third-order valence-electron chi connectivity index (χ3n) is 3.28. The number of nitrogens with zero attached hydrogens (tertiary/aromatic N) is 2. The van der Waals surface area contributed by atoms with Gasteiger partial charge in [0.05, 0.1) is 17.7 Å². The molecule has 1 heterocycles. The molecule has 0 saturated carbocycles. The van der Waals surface area contributed by atoms with Crippen LogP contribution in [0.15, 0.2) is 29.1 Å². The Kier molecular flexibility index (Phi) is 5.40. The van der Waals surface area contributed by atoms with Crippen molar-refractivity contribution in [3.05, 3.63) is 45.4 Å². The monoisotopic (exact) mass is 309 g/mol. The minimum Gasteiger partial charge on any atom is -0.369 e. The molecular weight excluding hydrogens is 290 g/mol. The minimum atomic E-state index is 0.269. The molecule has 0 radical (unpaired) electrons. The Morgan fingerprint density at radius 2 is 2.25 bits per heavy atom. The van der Waals surface area contributed by atoms with E-state index >= 15 is 0 Å². The SMILES string of the molecule is CCNC(C)c1ccc(N(C)Cc2cscn2)cc1Cl. The van der Waals surface area contributed by atoms with Crippen molar-refractivity contribution >= 4 is 28.6 Å². The number of hydrogen-bond donors (Lipinski definition) is 1. The maximum Gasteiger partial charge on any atom is 0.0795 e. The second kappa shape index (κ2) is 7.07. The molecule has 1 aromatic heterocycles. The largest absolute Gasteiger partial charge is 0.369 e. The van der Waals surface area contributed by atoms with E-state index in [0.29, 0.717) is 0 Å². The summed E-state index contributed by atoms with van der Waals surface area (Å²) in [6.07, 6.45) is 0. The van der Waals surface area contributed by atoms with E-state index in [1.54, 1.807) is 11.3 Å². The summed E-state index contributed by atoms with van der Waals surface area (Å²) in [4.78, 5) is 6.46. The summed E-state index contributed by atoms with van der Waals surface area (Å²) in [5.74, 6) is 0. The number of thiazole rings is 1. The fourth-order valence-electron chi connectivity index (χ4n) is 2.17. The molecule has 2 aromatic rings. The van der Waals surface area contributed by atoms with Crippen LogP contribution in [0, 0.1) is 0 Å². The number of hydrogen-bond acceptors (Lipinski definition) is 4. The Bertz CT molecular complexity index is 542. The zero-order valence-electron chi connectivity index (χ0n) is 12.1. The van der Waals surface area contributed by atoms with E-state index in [4.69, 9.17) is 11.6 Å². The summed E-state index contributed by atoms with van der Waals surface area (Å²) < 4.78 is 0. The molecule has 0 fully saturated rings. The Morgan fingerprint density at radius 3 is 2.85 bits per heavy atom. The van der Waals surface area contributed by atoms with Crippen molar-refractivity contribution in [2.24, 2.45) is 0 Å². The fraction of sp³-hybridized carbons (Fsp3) is 0.400. The first-order chi connectivity index (χ1) is 9.61. The van der Waals surface area contributed by atoms with Gasteiger partial charge < -0.3 is 10.2 Å². The van der Waals surface area contributed by atoms with E-state index in [9.17, 15) is 0 Å². The van der Waals surface area contributed by atoms with Gasteiger partial charge in [0, 0.05) is 29.2 Å². The highest BCUT2D eigenvalue weighted by Crippen LogP contribution is 2.28. The maximum atomic E-state index is 6.41. The second-order valence-corrected chi connectivity index (χ2v) is 5.95. The molecular formula is C15H20ClN3S. The third-order valence-corrected chi connectivity index (χ3v) is 4.25. The molecule has 1 atom stereocenters. The number of aromatic nitrogens is 1. The van der Waals surface area contributed by atoms with Crippen molar-refractivity contribution in [1.82, 2.24) is 10.3 Å². The van der Waals surface area contributed by atoms with E-state index in [-0.39, 0.29) is 6.04 Å². The Balaban J connectivity index is 2.11. The topological polar surface area (TPSA) is 28.2 Å². The van der Waals surface area contributed by atoms with Crippen LogP contribution in [0.4, 0.5) is 5.69 Å². The minimum absolute atomic E-state index is 0.269. The third kappa shape index (κ3) is 3.72. The lowest BCUT2D eigenvalue weighted by molar-refractivity contribution is 0.598. The second-order valence-electron chi connectivity index (χ2n) is 4.82. The average Bonchev–Trinajstić information content (AvgIpc) is 2.91. The van der Waals surface area contributed by atoms with Gasteiger partial charge in [0.15, 0.2) is 0 Å². The molecule has 0 amide bonds. The van der Waals surface area contributed by atoms with Crippen LogP contribution < -0.4 is 10.2 Å². The molecule has 0 saturated heterocycles. The maximum absolute atomic E-state index is 6.41. The summed E-state index contributed by atoms with van der Waals surface area (Å²) in [5.41, 5.74) is 5.19. The summed E-state index contributed by atoms with van der Waals surface area (Å²) in [7, 11) is 2.05. The van der Waals surface area contributed by atoms with Gasteiger partial charge in [-0.15, -0.1) is 11.3 Å². The first-order valence-electron chi connectivity index (χ1n) is 6.72. The van der Waals surface area contributed by atoms with Crippen LogP contribution in [-0.4, -0.2) is 18.6 Å². The van der Waals surface area contributed by atoms with Crippen LogP contribution >= 0.6 is 22.9 Å². The van der Waals surface area contributed by atoms with Crippen LogP contribution in [0.3, 0.4) is 0 Å². The molecule has 1 aromatic carbocycles. The zero-order valence-corrected chi connectivity index (χ0v) is 13.6. The zero-order chi connectivity index (χ0) is 14.5. The normalized spacial score (nSPS) is 12.4. The van der Waals surface area contributed by atoms with E-state index in [0.717, 1.165) is 35.1 Å². The standard InChI is InChI=1S/C15H20ClN3S/c1-4-17-11(2)14-6-5-13(7-15(14)16)19(3)8-12-9-20-10-18-12/h5-7,9-11,17H,4,8H2,1-3H3. The van der Waals surface area contributed by atoms with Crippen LogP contribution in [0.2, 0.25) is 5.02 Å². The molecule has 2 rings (SSSR count). The highest BCUT2D eigenvalue weighted by Gasteiger charge is 2.11. The molecule has 1 N–H and O–H groups in total. The van der Waals surface area contributed by atoms with Crippen molar-refractivity contribution in [1.29, 1.82) is 0 Å². The van der Waals surface area contributed by atoms with Gasteiger partial charge >= 0.3 is 0 Å². The Labute approximate surface area is 129 Å². The molecule has 0 aliphatic carbocycles. The van der Waals surface area contributed by atoms with Gasteiger partial charge in [-0.1, -0.05) is 24.6 Å². The van der Waals surface area contributed by atoms with Crippen LogP contribution in [0.25, 0.3) is 0 Å². The molecule has 0 spiro atoms. The molecule has 0 bridgehead atoms. The number of anilines is 1. The van der Waals surface area contributed by atoms with Gasteiger partial charge in [-0.05, 0) is 31.2 Å². The van der Waals surface area contributed by atoms with Gasteiger partial charge in [0.1, 0.15) is 0 Å². The van der Waals surface area contributed by atoms with Gasteiger partial charge in [-0.25, -0.2) is 4.98 Å². The first kappa shape index (κ1) is 15.3. The number of benzene rings is 1. The van der Waals surface area contributed by atoms with Crippen LogP contribution in [0.5, 0.6) is 0 Å². The first-order valence-corrected chi connectivity index (χ1v) is 8.05. The van der Waals surface area contributed by atoms with Crippen LogP contribution in [-0.2, 0) is 6.54 Å². The number of rotatable bonds is 6. The van der Waals surface area contributed by atoms with E-state index in [2.05, 4.69) is 53.6 Å². The average molecular weight is 310 g/mol. The predicted molar refractivity (Wildman–Crippen MR) is 87.8 cm³/mol. The van der Waals surface area contributed by atoms with Crippen molar-refractivity contribution in [2.45, 2.75) is 26.4 Å². The van der Waals surface area contributed by atoms with Crippen molar-refractivity contribution in [3.63, 3.8) is 0 Å². The lowest BCUT2D eigenvalue weighted by atomic mass is 10.1. The lowest BCUT2D eigenvalue weighted by Gasteiger charge is -2.21. The molecule has 3 nitrogen and oxygen atoms in total. The molecule has 0 aliphatic heterocycles. The quantitative estimate of drug-likeness (QED) is 0.870. The van der Waals surface area contributed by atoms with Gasteiger partial charge in [0.25, 0.3) is 0 Å². The van der Waals surface area contributed by atoms with Crippen molar-refractivity contribution in [2.75, 3.05) is 18.5 Å². The van der Waals surface area contributed by atoms with Crippen molar-refractivity contribution in [3.8, 4) is 0 Å². The molecule has 20 heavy (non-hydrogen) atoms. The summed E-state index contributed by atoms with van der Waals surface area (Å²) in [6.45, 7) is 5.95. The summed E-state index contributed by atoms with van der Waals surface area (Å²) in [5, 5.41) is 6.26.